The highest BCUT2D eigenvalue weighted by molar-refractivity contribution is 6.14. The summed E-state index contributed by atoms with van der Waals surface area (Å²) in [4.78, 5) is 54.9. The number of Topliss-reactive ketones (excluding diaryl/α,β-unsaturated/α-hetero) is 1. The largest absolute Gasteiger partial charge is 0.352 e. The maximum Gasteiger partial charge on any atom is 0.270 e. The Morgan fingerprint density at radius 3 is 2.53 bits per heavy atom. The van der Waals surface area contributed by atoms with E-state index in [2.05, 4.69) is 0 Å². The predicted molar refractivity (Wildman–Crippen MR) is 126 cm³/mol. The molecule has 2 aromatic carbocycles. The average molecular weight is 460 g/mol. The minimum Gasteiger partial charge on any atom is -0.352 e. The van der Waals surface area contributed by atoms with Crippen molar-refractivity contribution in [3.05, 3.63) is 75.8 Å². The molecule has 0 bridgehead atoms. The fourth-order valence-corrected chi connectivity index (χ4v) is 5.64. The number of nitro groups is 1. The second kappa shape index (κ2) is 8.20. The monoisotopic (exact) mass is 459 g/mol. The first-order valence-electron chi connectivity index (χ1n) is 11.5. The van der Waals surface area contributed by atoms with Gasteiger partial charge in [-0.15, -0.1) is 0 Å². The van der Waals surface area contributed by atoms with E-state index < -0.39 is 28.8 Å². The Morgan fingerprint density at radius 1 is 1.06 bits per heavy atom. The minimum atomic E-state index is -0.925. The van der Waals surface area contributed by atoms with Crippen molar-refractivity contribution in [1.82, 2.24) is 4.90 Å². The first-order chi connectivity index (χ1) is 16.3. The summed E-state index contributed by atoms with van der Waals surface area (Å²) in [6, 6.07) is 11.9. The molecule has 174 valence electrons. The lowest BCUT2D eigenvalue weighted by Gasteiger charge is -2.38. The fourth-order valence-electron chi connectivity index (χ4n) is 5.64. The molecule has 4 atom stereocenters. The number of para-hydroxylation sites is 1. The minimum absolute atomic E-state index is 0.162. The Bertz CT molecular complexity index is 1250. The van der Waals surface area contributed by atoms with E-state index in [1.54, 1.807) is 0 Å². The molecule has 0 spiro atoms. The van der Waals surface area contributed by atoms with Crippen LogP contribution in [0.25, 0.3) is 5.57 Å². The summed E-state index contributed by atoms with van der Waals surface area (Å²) in [6.45, 7) is 4.30. The number of nitro benzene ring substituents is 1. The molecule has 2 amide bonds. The molecule has 2 saturated heterocycles. The third-order valence-corrected chi connectivity index (χ3v) is 7.19. The number of rotatable bonds is 6. The van der Waals surface area contributed by atoms with Gasteiger partial charge in [0.1, 0.15) is 6.04 Å². The molecule has 0 unspecified atom stereocenters. The Balaban J connectivity index is 1.65. The SMILES string of the molecule is CCCCN1C(=O)[C@@H]2[C@H](C1=O)[C@H]1C=C(C)c3ccccc3N1[C@H]2C(=O)c1cccc([N+](=O)[O-])c1. The quantitative estimate of drug-likeness (QED) is 0.281. The number of non-ortho nitro benzene ring substituents is 1. The topological polar surface area (TPSA) is 101 Å². The van der Waals surface area contributed by atoms with Gasteiger partial charge < -0.3 is 4.90 Å². The smallest absolute Gasteiger partial charge is 0.270 e. The second-order valence-corrected chi connectivity index (χ2v) is 9.11. The standard InChI is InChI=1S/C26H25N3O5/c1-3-4-12-27-25(31)21-20-13-15(2)18-10-5-6-11-19(18)28(20)23(22(21)26(27)32)24(30)16-8-7-9-17(14-16)29(33)34/h5-11,13-14,20-23H,3-4,12H2,1-2H3/t20-,21-,22-,23-/m1/s1. The van der Waals surface area contributed by atoms with Crippen LogP contribution in [0.1, 0.15) is 42.6 Å². The summed E-state index contributed by atoms with van der Waals surface area (Å²) in [5, 5.41) is 11.3. The van der Waals surface area contributed by atoms with E-state index >= 15 is 0 Å². The molecule has 2 aromatic rings. The number of imide groups is 1. The number of fused-ring (bicyclic) bond motifs is 5. The van der Waals surface area contributed by atoms with Gasteiger partial charge in [-0.05, 0) is 25.0 Å². The van der Waals surface area contributed by atoms with Gasteiger partial charge >= 0.3 is 0 Å². The number of nitrogens with zero attached hydrogens (tertiary/aromatic N) is 3. The van der Waals surface area contributed by atoms with Gasteiger partial charge in [0.25, 0.3) is 5.69 Å². The van der Waals surface area contributed by atoms with Crippen LogP contribution < -0.4 is 4.90 Å². The lowest BCUT2D eigenvalue weighted by Crippen LogP contribution is -2.49. The summed E-state index contributed by atoms with van der Waals surface area (Å²) in [6.07, 6.45) is 3.52. The molecule has 0 aliphatic carbocycles. The van der Waals surface area contributed by atoms with E-state index in [9.17, 15) is 24.5 Å². The van der Waals surface area contributed by atoms with Crippen molar-refractivity contribution in [2.24, 2.45) is 11.8 Å². The van der Waals surface area contributed by atoms with Crippen LogP contribution in [0.5, 0.6) is 0 Å². The van der Waals surface area contributed by atoms with Crippen LogP contribution in [0.3, 0.4) is 0 Å². The summed E-state index contributed by atoms with van der Waals surface area (Å²) in [5.41, 5.74) is 2.70. The highest BCUT2D eigenvalue weighted by atomic mass is 16.6. The number of carbonyl (C=O) groups excluding carboxylic acids is 3. The molecular weight excluding hydrogens is 434 g/mol. The van der Waals surface area contributed by atoms with E-state index in [1.807, 2.05) is 49.1 Å². The van der Waals surface area contributed by atoms with Crippen molar-refractivity contribution in [3.63, 3.8) is 0 Å². The zero-order valence-electron chi connectivity index (χ0n) is 19.0. The Hall–Kier alpha value is -3.81. The Morgan fingerprint density at radius 2 is 1.79 bits per heavy atom. The predicted octanol–water partition coefficient (Wildman–Crippen LogP) is 3.85. The van der Waals surface area contributed by atoms with Gasteiger partial charge in [-0.25, -0.2) is 0 Å². The molecule has 0 saturated carbocycles. The average Bonchev–Trinajstić information content (AvgIpc) is 3.30. The summed E-state index contributed by atoms with van der Waals surface area (Å²) >= 11 is 0. The normalized spacial score (nSPS) is 25.1. The first kappa shape index (κ1) is 22.0. The molecule has 5 rings (SSSR count). The first-order valence-corrected chi connectivity index (χ1v) is 11.5. The zero-order chi connectivity index (χ0) is 24.1. The van der Waals surface area contributed by atoms with Crippen molar-refractivity contribution >= 4 is 34.5 Å². The highest BCUT2D eigenvalue weighted by Crippen LogP contribution is 2.50. The molecular formula is C26H25N3O5. The van der Waals surface area contributed by atoms with Gasteiger partial charge in [0, 0.05) is 35.5 Å². The molecule has 0 radical (unpaired) electrons. The molecule has 8 nitrogen and oxygen atoms in total. The third-order valence-electron chi connectivity index (χ3n) is 7.19. The summed E-state index contributed by atoms with van der Waals surface area (Å²) in [5.74, 6) is -2.46. The maximum atomic E-state index is 13.9. The molecule has 2 fully saturated rings. The zero-order valence-corrected chi connectivity index (χ0v) is 19.0. The van der Waals surface area contributed by atoms with Crippen molar-refractivity contribution in [2.45, 2.75) is 38.8 Å². The number of hydrogen-bond acceptors (Lipinski definition) is 6. The van der Waals surface area contributed by atoms with Gasteiger partial charge in [-0.3, -0.25) is 29.4 Å². The van der Waals surface area contributed by atoms with Crippen molar-refractivity contribution in [2.75, 3.05) is 11.4 Å². The molecule has 3 aliphatic rings. The van der Waals surface area contributed by atoms with Crippen molar-refractivity contribution in [3.8, 4) is 0 Å². The molecule has 3 heterocycles. The maximum absolute atomic E-state index is 13.9. The van der Waals surface area contributed by atoms with Crippen LogP contribution >= 0.6 is 0 Å². The molecule has 0 N–H and O–H groups in total. The number of hydrogen-bond donors (Lipinski definition) is 0. The number of ketones is 1. The number of anilines is 1. The number of benzene rings is 2. The Kier molecular flexibility index (Phi) is 5.31. The van der Waals surface area contributed by atoms with Crippen LogP contribution in [0.4, 0.5) is 11.4 Å². The van der Waals surface area contributed by atoms with Crippen molar-refractivity contribution in [1.29, 1.82) is 0 Å². The number of likely N-dealkylation sites (tertiary alicyclic amines) is 1. The lowest BCUT2D eigenvalue weighted by molar-refractivity contribution is -0.384. The van der Waals surface area contributed by atoms with Gasteiger partial charge in [-0.2, -0.15) is 0 Å². The van der Waals surface area contributed by atoms with Crippen molar-refractivity contribution < 1.29 is 19.3 Å². The molecule has 34 heavy (non-hydrogen) atoms. The summed E-state index contributed by atoms with van der Waals surface area (Å²) < 4.78 is 0. The van der Waals surface area contributed by atoms with Crippen LogP contribution in [-0.4, -0.2) is 46.0 Å². The van der Waals surface area contributed by atoms with Gasteiger partial charge in [0.05, 0.1) is 22.8 Å². The van der Waals surface area contributed by atoms with E-state index in [0.29, 0.717) is 13.0 Å². The van der Waals surface area contributed by atoms with E-state index in [-0.39, 0.29) is 28.8 Å². The van der Waals surface area contributed by atoms with Gasteiger partial charge in [0.15, 0.2) is 5.78 Å². The number of allylic oxidation sites excluding steroid dienone is 1. The molecule has 8 heteroatoms. The molecule has 0 aromatic heterocycles. The lowest BCUT2D eigenvalue weighted by atomic mass is 9.85. The third kappa shape index (κ3) is 3.16. The van der Waals surface area contributed by atoms with Crippen LogP contribution in [0.15, 0.2) is 54.6 Å². The van der Waals surface area contributed by atoms with Gasteiger partial charge in [0.2, 0.25) is 11.8 Å². The fraction of sp³-hybridized carbons (Fsp3) is 0.346. The van der Waals surface area contributed by atoms with Crippen LogP contribution in [0.2, 0.25) is 0 Å². The number of unbranched alkanes of at least 4 members (excludes halogenated alkanes) is 1. The van der Waals surface area contributed by atoms with Gasteiger partial charge in [-0.1, -0.05) is 49.8 Å². The second-order valence-electron chi connectivity index (χ2n) is 9.11. The molecule has 3 aliphatic heterocycles. The Labute approximate surface area is 197 Å². The van der Waals surface area contributed by atoms with E-state index in [4.69, 9.17) is 0 Å². The van der Waals surface area contributed by atoms with E-state index in [0.717, 1.165) is 23.2 Å². The highest BCUT2D eigenvalue weighted by Gasteiger charge is 2.64. The number of carbonyl (C=O) groups is 3. The van der Waals surface area contributed by atoms with Crippen LogP contribution in [-0.2, 0) is 9.59 Å². The summed E-state index contributed by atoms with van der Waals surface area (Å²) in [7, 11) is 0. The number of amides is 2. The van der Waals surface area contributed by atoms with Crippen LogP contribution in [0, 0.1) is 22.0 Å². The van der Waals surface area contributed by atoms with E-state index in [1.165, 1.54) is 29.2 Å².